The molecule has 1 unspecified atom stereocenters. The van der Waals surface area contributed by atoms with Crippen molar-refractivity contribution in [1.29, 1.82) is 0 Å². The number of rotatable bonds is 11. The monoisotopic (exact) mass is 657 g/mol. The molecule has 12 heteroatoms. The van der Waals surface area contributed by atoms with E-state index < -0.39 is 24.1 Å². The van der Waals surface area contributed by atoms with Crippen LogP contribution < -0.4 is 15.4 Å². The minimum Gasteiger partial charge on any atom is -0.495 e. The van der Waals surface area contributed by atoms with Crippen molar-refractivity contribution in [2.45, 2.75) is 51.5 Å². The number of para-hydroxylation sites is 1. The second kappa shape index (κ2) is 15.8. The molecule has 5 rings (SSSR count). The Hall–Kier alpha value is -4.94. The number of methoxy groups -OCH3 is 1. The fraction of sp³-hybridized carbons (Fsp3) is 0.389. The van der Waals surface area contributed by atoms with Gasteiger partial charge in [0, 0.05) is 44.8 Å². The number of carboxylic acid groups (broad SMARTS) is 1. The zero-order valence-electron chi connectivity index (χ0n) is 27.6. The molecule has 2 fully saturated rings. The van der Waals surface area contributed by atoms with Crippen molar-refractivity contribution in [1.82, 2.24) is 14.7 Å². The molecule has 0 aromatic heterocycles. The van der Waals surface area contributed by atoms with Crippen LogP contribution in [0, 0.1) is 6.92 Å². The number of amides is 4. The third kappa shape index (κ3) is 8.50. The van der Waals surface area contributed by atoms with Crippen LogP contribution in [0.1, 0.15) is 30.0 Å². The molecule has 3 aromatic rings. The molecule has 4 amide bonds. The van der Waals surface area contributed by atoms with Crippen molar-refractivity contribution >= 4 is 35.2 Å². The molecular formula is C36H43N5O7. The predicted molar refractivity (Wildman–Crippen MR) is 181 cm³/mol. The Morgan fingerprint density at radius 1 is 0.896 bits per heavy atom. The van der Waals surface area contributed by atoms with Gasteiger partial charge in [0.25, 0.3) is 0 Å². The molecule has 0 spiro atoms. The molecule has 0 aliphatic carbocycles. The number of hydrogen-bond donors (Lipinski definition) is 3. The van der Waals surface area contributed by atoms with E-state index in [1.54, 1.807) is 34.9 Å². The average molecular weight is 658 g/mol. The fourth-order valence-corrected chi connectivity index (χ4v) is 6.13. The van der Waals surface area contributed by atoms with Gasteiger partial charge >= 0.3 is 12.0 Å². The Labute approximate surface area is 280 Å². The van der Waals surface area contributed by atoms with Gasteiger partial charge < -0.3 is 35.0 Å². The molecule has 2 heterocycles. The predicted octanol–water partition coefficient (Wildman–Crippen LogP) is 3.99. The first-order chi connectivity index (χ1) is 23.1. The molecule has 48 heavy (non-hydrogen) atoms. The maximum atomic E-state index is 13.9. The van der Waals surface area contributed by atoms with Crippen LogP contribution in [0.3, 0.4) is 0 Å². The van der Waals surface area contributed by atoms with Crippen molar-refractivity contribution in [3.05, 3.63) is 89.5 Å². The summed E-state index contributed by atoms with van der Waals surface area (Å²) in [7, 11) is 1.49. The summed E-state index contributed by atoms with van der Waals surface area (Å²) in [6.45, 7) is 5.83. The average Bonchev–Trinajstić information content (AvgIpc) is 3.53. The molecule has 254 valence electrons. The number of carbonyl (C=O) groups is 4. The number of likely N-dealkylation sites (tertiary alicyclic amines) is 1. The van der Waals surface area contributed by atoms with Crippen LogP contribution in [0.15, 0.2) is 72.8 Å². The van der Waals surface area contributed by atoms with E-state index in [9.17, 15) is 24.3 Å². The van der Waals surface area contributed by atoms with Crippen molar-refractivity contribution in [2.24, 2.45) is 0 Å². The van der Waals surface area contributed by atoms with Gasteiger partial charge in [-0.15, -0.1) is 0 Å². The first kappa shape index (κ1) is 34.4. The highest BCUT2D eigenvalue weighted by molar-refractivity contribution is 6.01. The normalized spacial score (nSPS) is 18.6. The molecule has 0 saturated carbocycles. The lowest BCUT2D eigenvalue weighted by Crippen LogP contribution is -2.56. The molecule has 2 aliphatic rings. The summed E-state index contributed by atoms with van der Waals surface area (Å²) < 4.78 is 11.7. The van der Waals surface area contributed by atoms with E-state index >= 15 is 0 Å². The maximum Gasteiger partial charge on any atom is 0.323 e. The molecule has 3 N–H and O–H groups in total. The number of benzene rings is 3. The SMILES string of the molecule is COc1cc(CC(=O)N2C[C@H](OCc3ccccc3)C[C@H]2C(=O)N2CCN(C(C)C(=O)O)CC2)ccc1NC(=O)Nc1ccccc1C. The molecule has 0 bridgehead atoms. The van der Waals surface area contributed by atoms with Gasteiger partial charge in [-0.25, -0.2) is 4.79 Å². The van der Waals surface area contributed by atoms with Crippen LogP contribution >= 0.6 is 0 Å². The number of piperazine rings is 1. The highest BCUT2D eigenvalue weighted by Crippen LogP contribution is 2.29. The van der Waals surface area contributed by atoms with Crippen molar-refractivity contribution in [2.75, 3.05) is 50.5 Å². The summed E-state index contributed by atoms with van der Waals surface area (Å²) >= 11 is 0. The molecular weight excluding hydrogens is 614 g/mol. The Balaban J connectivity index is 1.26. The van der Waals surface area contributed by atoms with E-state index in [-0.39, 0.29) is 30.9 Å². The third-order valence-corrected chi connectivity index (χ3v) is 8.99. The summed E-state index contributed by atoms with van der Waals surface area (Å²) in [5, 5.41) is 15.0. The number of aryl methyl sites for hydroxylation is 1. The third-order valence-electron chi connectivity index (χ3n) is 8.99. The van der Waals surface area contributed by atoms with E-state index in [2.05, 4.69) is 10.6 Å². The summed E-state index contributed by atoms with van der Waals surface area (Å²) in [4.78, 5) is 57.1. The number of nitrogens with zero attached hydrogens (tertiary/aromatic N) is 3. The van der Waals surface area contributed by atoms with E-state index in [4.69, 9.17) is 9.47 Å². The van der Waals surface area contributed by atoms with Crippen LogP contribution in [0.5, 0.6) is 5.75 Å². The maximum absolute atomic E-state index is 13.9. The number of nitrogens with one attached hydrogen (secondary N) is 2. The number of carbonyl (C=O) groups excluding carboxylic acids is 3. The van der Waals surface area contributed by atoms with E-state index in [1.807, 2.05) is 66.4 Å². The smallest absolute Gasteiger partial charge is 0.323 e. The Bertz CT molecular complexity index is 1610. The highest BCUT2D eigenvalue weighted by Gasteiger charge is 2.42. The quantitative estimate of drug-likeness (QED) is 0.281. The Kier molecular flexibility index (Phi) is 11.3. The van der Waals surface area contributed by atoms with Crippen molar-refractivity contribution in [3.8, 4) is 5.75 Å². The largest absolute Gasteiger partial charge is 0.495 e. The standard InChI is InChI=1S/C36H43N5O7/c1-24-9-7-8-12-29(24)37-36(46)38-30-14-13-27(19-32(30)47-3)20-33(42)41-22-28(48-23-26-10-5-4-6-11-26)21-31(41)34(43)40-17-15-39(16-18-40)25(2)35(44)45/h4-14,19,25,28,31H,15-18,20-23H2,1-3H3,(H,44,45)(H2,37,38,46)/t25?,28-,31+/m1/s1. The van der Waals surface area contributed by atoms with Gasteiger partial charge in [0.05, 0.1) is 31.9 Å². The van der Waals surface area contributed by atoms with Gasteiger partial charge in [0.2, 0.25) is 11.8 Å². The van der Waals surface area contributed by atoms with Crippen LogP contribution in [-0.4, -0.2) is 102 Å². The van der Waals surface area contributed by atoms with Crippen LogP contribution in [-0.2, 0) is 32.1 Å². The lowest BCUT2D eigenvalue weighted by molar-refractivity contribution is -0.147. The lowest BCUT2D eigenvalue weighted by Gasteiger charge is -2.38. The summed E-state index contributed by atoms with van der Waals surface area (Å²) in [6.07, 6.45) is 0.0560. The van der Waals surface area contributed by atoms with Crippen molar-refractivity contribution < 1.29 is 33.8 Å². The van der Waals surface area contributed by atoms with Crippen molar-refractivity contribution in [3.63, 3.8) is 0 Å². The van der Waals surface area contributed by atoms with Gasteiger partial charge in [-0.1, -0.05) is 54.6 Å². The number of ether oxygens (including phenoxy) is 2. The van der Waals surface area contributed by atoms with Gasteiger partial charge in [0.15, 0.2) is 0 Å². The number of carboxylic acids is 1. The Morgan fingerprint density at radius 2 is 1.58 bits per heavy atom. The first-order valence-corrected chi connectivity index (χ1v) is 16.1. The van der Waals surface area contributed by atoms with Crippen LogP contribution in [0.25, 0.3) is 0 Å². The summed E-state index contributed by atoms with van der Waals surface area (Å²) in [6, 6.07) is 20.6. The lowest BCUT2D eigenvalue weighted by atomic mass is 10.1. The molecule has 2 aliphatic heterocycles. The highest BCUT2D eigenvalue weighted by atomic mass is 16.5. The van der Waals surface area contributed by atoms with Gasteiger partial charge in [0.1, 0.15) is 17.8 Å². The molecule has 0 radical (unpaired) electrons. The number of urea groups is 1. The minimum atomic E-state index is -0.897. The summed E-state index contributed by atoms with van der Waals surface area (Å²) in [5.74, 6) is -0.885. The second-order valence-corrected chi connectivity index (χ2v) is 12.2. The fourth-order valence-electron chi connectivity index (χ4n) is 6.13. The first-order valence-electron chi connectivity index (χ1n) is 16.1. The zero-order chi connectivity index (χ0) is 34.2. The Morgan fingerprint density at radius 3 is 2.27 bits per heavy atom. The minimum absolute atomic E-state index is 0.0190. The van der Waals surface area contributed by atoms with E-state index in [0.29, 0.717) is 61.9 Å². The second-order valence-electron chi connectivity index (χ2n) is 12.2. The molecule has 3 atom stereocenters. The zero-order valence-corrected chi connectivity index (χ0v) is 27.6. The molecule has 2 saturated heterocycles. The van der Waals surface area contributed by atoms with E-state index in [1.165, 1.54) is 7.11 Å². The van der Waals surface area contributed by atoms with Gasteiger partial charge in [-0.05, 0) is 48.7 Å². The summed E-state index contributed by atoms with van der Waals surface area (Å²) in [5.41, 5.74) is 3.73. The van der Waals surface area contributed by atoms with Crippen LogP contribution in [0.4, 0.5) is 16.2 Å². The molecule has 3 aromatic carbocycles. The van der Waals surface area contributed by atoms with Crippen LogP contribution in [0.2, 0.25) is 0 Å². The number of anilines is 2. The number of hydrogen-bond acceptors (Lipinski definition) is 7. The van der Waals surface area contributed by atoms with Gasteiger partial charge in [-0.3, -0.25) is 19.3 Å². The van der Waals surface area contributed by atoms with Gasteiger partial charge in [-0.2, -0.15) is 0 Å². The van der Waals surface area contributed by atoms with E-state index in [0.717, 1.165) is 11.1 Å². The number of aliphatic carboxylic acids is 1. The topological polar surface area (TPSA) is 141 Å². The molecule has 12 nitrogen and oxygen atoms in total.